The Morgan fingerprint density at radius 2 is 2.03 bits per heavy atom. The Labute approximate surface area is 194 Å². The molecule has 0 radical (unpaired) electrons. The summed E-state index contributed by atoms with van der Waals surface area (Å²) < 4.78 is 26.7. The van der Waals surface area contributed by atoms with Crippen LogP contribution >= 0.6 is 23.4 Å². The molecule has 6 heterocycles. The normalized spacial score (nSPS) is 24.6. The van der Waals surface area contributed by atoms with Crippen LogP contribution in [0, 0.1) is 11.7 Å². The minimum absolute atomic E-state index is 0.0412. The van der Waals surface area contributed by atoms with Gasteiger partial charge in [-0.1, -0.05) is 23.4 Å². The van der Waals surface area contributed by atoms with Gasteiger partial charge in [-0.3, -0.25) is 0 Å². The number of anilines is 1. The topological polar surface area (TPSA) is 80.7 Å². The van der Waals surface area contributed by atoms with E-state index in [2.05, 4.69) is 14.9 Å². The highest BCUT2D eigenvalue weighted by Crippen LogP contribution is 2.43. The zero-order chi connectivity index (χ0) is 22.8. The van der Waals surface area contributed by atoms with Crippen molar-refractivity contribution in [3.8, 4) is 5.88 Å². The number of hydrogen-bond acceptors (Lipinski definition) is 8. The third kappa shape index (κ3) is 3.61. The van der Waals surface area contributed by atoms with Gasteiger partial charge < -0.3 is 19.3 Å². The highest BCUT2D eigenvalue weighted by Gasteiger charge is 2.46. The van der Waals surface area contributed by atoms with E-state index < -0.39 is 11.4 Å². The van der Waals surface area contributed by atoms with Crippen molar-refractivity contribution in [1.82, 2.24) is 19.9 Å². The van der Waals surface area contributed by atoms with E-state index in [0.29, 0.717) is 36.1 Å². The molecule has 11 heteroatoms. The molecule has 2 aromatic heterocycles. The fourth-order valence-electron chi connectivity index (χ4n) is 4.83. The highest BCUT2D eigenvalue weighted by atomic mass is 35.5. The number of fused-ring (bicyclic) bond motifs is 2. The second kappa shape index (κ2) is 7.76. The minimum Gasteiger partial charge on any atom is -0.475 e. The average Bonchev–Trinajstić information content (AvgIpc) is 3.07. The molecule has 0 spiro atoms. The molecule has 1 unspecified atom stereocenters. The molecule has 1 amide bonds. The monoisotopic (exact) mass is 481 g/mol. The second-order valence-corrected chi connectivity index (χ2v) is 10.6. The molecule has 0 aliphatic carbocycles. The molecule has 3 atom stereocenters. The molecule has 32 heavy (non-hydrogen) atoms. The van der Waals surface area contributed by atoms with Crippen molar-refractivity contribution in [2.45, 2.75) is 56.5 Å². The van der Waals surface area contributed by atoms with Gasteiger partial charge in [-0.2, -0.15) is 4.98 Å². The van der Waals surface area contributed by atoms with Crippen LogP contribution in [0.2, 0.25) is 5.15 Å². The third-order valence-electron chi connectivity index (χ3n) is 6.24. The number of carbonyl (C=O) groups excluding carboxylic acids is 1. The summed E-state index contributed by atoms with van der Waals surface area (Å²) >= 11 is 7.37. The molecule has 0 saturated carbocycles. The average molecular weight is 482 g/mol. The lowest BCUT2D eigenvalue weighted by molar-refractivity contribution is 0.00644. The van der Waals surface area contributed by atoms with Crippen LogP contribution in [0.5, 0.6) is 5.88 Å². The van der Waals surface area contributed by atoms with Crippen molar-refractivity contribution in [3.63, 3.8) is 0 Å². The maximum Gasteiger partial charge on any atom is 0.410 e. The number of pyridine rings is 1. The molecule has 4 aliphatic rings. The Balaban J connectivity index is 1.61. The minimum atomic E-state index is -0.681. The number of carbonyl (C=O) groups is 1. The van der Waals surface area contributed by atoms with Crippen molar-refractivity contribution < 1.29 is 18.7 Å². The number of aromatic nitrogens is 3. The number of thioether (sulfide) groups is 1. The molecule has 6 rings (SSSR count). The van der Waals surface area contributed by atoms with Gasteiger partial charge in [0.05, 0.1) is 12.1 Å². The van der Waals surface area contributed by atoms with Crippen LogP contribution in [0.25, 0.3) is 10.9 Å². The largest absolute Gasteiger partial charge is 0.475 e. The van der Waals surface area contributed by atoms with Crippen LogP contribution in [0.1, 0.15) is 33.6 Å². The van der Waals surface area contributed by atoms with Gasteiger partial charge in [0.1, 0.15) is 28.9 Å². The van der Waals surface area contributed by atoms with E-state index in [1.54, 1.807) is 0 Å². The summed E-state index contributed by atoms with van der Waals surface area (Å²) in [4.78, 5) is 30.2. The number of halogens is 2. The Morgan fingerprint density at radius 3 is 2.75 bits per heavy atom. The molecule has 3 saturated heterocycles. The first kappa shape index (κ1) is 21.8. The van der Waals surface area contributed by atoms with Crippen molar-refractivity contribution in [1.29, 1.82) is 0 Å². The van der Waals surface area contributed by atoms with Crippen LogP contribution in [-0.4, -0.2) is 69.6 Å². The smallest absolute Gasteiger partial charge is 0.410 e. The van der Waals surface area contributed by atoms with E-state index in [-0.39, 0.29) is 40.6 Å². The van der Waals surface area contributed by atoms with E-state index in [1.807, 2.05) is 31.9 Å². The number of ether oxygens (including phenoxy) is 2. The zero-order valence-corrected chi connectivity index (χ0v) is 20.0. The maximum absolute atomic E-state index is 14.9. The van der Waals surface area contributed by atoms with Crippen LogP contribution in [-0.2, 0) is 4.74 Å². The number of piperidine rings is 1. The molecular weight excluding hydrogens is 457 g/mol. The van der Waals surface area contributed by atoms with Gasteiger partial charge in [0, 0.05) is 19.0 Å². The molecule has 0 aromatic carbocycles. The van der Waals surface area contributed by atoms with Crippen LogP contribution in [0.15, 0.2) is 5.16 Å². The Bertz CT molecular complexity index is 1100. The summed E-state index contributed by atoms with van der Waals surface area (Å²) in [7, 11) is 0. The van der Waals surface area contributed by atoms with E-state index in [4.69, 9.17) is 26.1 Å². The predicted octanol–water partition coefficient (Wildman–Crippen LogP) is 4.14. The van der Waals surface area contributed by atoms with E-state index >= 15 is 0 Å². The fourth-order valence-corrected chi connectivity index (χ4v) is 5.36. The van der Waals surface area contributed by atoms with Gasteiger partial charge >= 0.3 is 6.09 Å². The molecule has 2 bridgehead atoms. The van der Waals surface area contributed by atoms with Gasteiger partial charge in [0.25, 0.3) is 0 Å². The number of nitrogens with zero attached hydrogens (tertiary/aromatic N) is 5. The summed E-state index contributed by atoms with van der Waals surface area (Å²) in [6.07, 6.45) is 3.36. The van der Waals surface area contributed by atoms with Crippen molar-refractivity contribution in [3.05, 3.63) is 11.0 Å². The van der Waals surface area contributed by atoms with Gasteiger partial charge in [-0.05, 0) is 39.9 Å². The molecular formula is C21H25ClFN5O3S. The lowest BCUT2D eigenvalue weighted by atomic mass is 9.90. The summed E-state index contributed by atoms with van der Waals surface area (Å²) in [5.74, 6) is 0.308. The van der Waals surface area contributed by atoms with Crippen molar-refractivity contribution >= 4 is 46.2 Å². The molecule has 3 fully saturated rings. The quantitative estimate of drug-likeness (QED) is 0.341. The summed E-state index contributed by atoms with van der Waals surface area (Å²) in [6, 6.07) is -0.0863. The molecule has 8 nitrogen and oxygen atoms in total. The van der Waals surface area contributed by atoms with Crippen molar-refractivity contribution in [2.75, 3.05) is 30.9 Å². The van der Waals surface area contributed by atoms with Gasteiger partial charge in [0.15, 0.2) is 16.1 Å². The second-order valence-electron chi connectivity index (χ2n) is 9.43. The molecule has 4 aliphatic heterocycles. The van der Waals surface area contributed by atoms with Crippen LogP contribution in [0.4, 0.5) is 15.0 Å². The Hall–Kier alpha value is -2.07. The first-order valence-corrected chi connectivity index (χ1v) is 12.3. The SMILES string of the molecule is CSc1nc2c3c(nc(Cl)c(F)c3n1)OC[C@@H]1[C@@H]3CCC(CN21)N(C(=O)OC(C)(C)C)C3. The summed E-state index contributed by atoms with van der Waals surface area (Å²) in [5, 5.41) is 0.608. The number of rotatable bonds is 1. The van der Waals surface area contributed by atoms with Gasteiger partial charge in [-0.25, -0.2) is 19.2 Å². The Morgan fingerprint density at radius 1 is 1.25 bits per heavy atom. The zero-order valence-electron chi connectivity index (χ0n) is 18.4. The maximum atomic E-state index is 14.9. The van der Waals surface area contributed by atoms with Crippen LogP contribution < -0.4 is 9.64 Å². The lowest BCUT2D eigenvalue weighted by Crippen LogP contribution is -2.49. The highest BCUT2D eigenvalue weighted by molar-refractivity contribution is 7.98. The molecule has 2 aromatic rings. The standard InChI is InChI=1S/C21H25ClFN5O3S/c1-21(2,3)31-20(29)27-7-10-5-6-11(27)8-28-12(10)9-30-18-13-15(14(23)16(22)25-18)24-19(32-4)26-17(13)28/h10-12H,5-9H2,1-4H3/t10-,11?,12-/m1/s1. The number of hydrogen-bond donors (Lipinski definition) is 0. The van der Waals surface area contributed by atoms with E-state index in [1.165, 1.54) is 11.8 Å². The fraction of sp³-hybridized carbons (Fsp3) is 0.619. The predicted molar refractivity (Wildman–Crippen MR) is 120 cm³/mol. The van der Waals surface area contributed by atoms with Crippen LogP contribution in [0.3, 0.4) is 0 Å². The number of amides is 1. The first-order valence-electron chi connectivity index (χ1n) is 10.7. The molecule has 0 N–H and O–H groups in total. The lowest BCUT2D eigenvalue weighted by Gasteiger charge is -2.37. The summed E-state index contributed by atoms with van der Waals surface area (Å²) in [6.45, 7) is 7.07. The third-order valence-corrected chi connectivity index (χ3v) is 7.04. The molecule has 172 valence electrons. The van der Waals surface area contributed by atoms with Crippen molar-refractivity contribution in [2.24, 2.45) is 5.92 Å². The Kier molecular flexibility index (Phi) is 5.28. The first-order chi connectivity index (χ1) is 15.2. The summed E-state index contributed by atoms with van der Waals surface area (Å²) in [5.41, 5.74) is -0.459. The van der Waals surface area contributed by atoms with E-state index in [0.717, 1.165) is 12.8 Å². The van der Waals surface area contributed by atoms with E-state index in [9.17, 15) is 9.18 Å². The van der Waals surface area contributed by atoms with Gasteiger partial charge in [-0.15, -0.1) is 0 Å². The van der Waals surface area contributed by atoms with Gasteiger partial charge in [0.2, 0.25) is 5.88 Å².